The normalized spacial score (nSPS) is 19.0. The second-order valence-electron chi connectivity index (χ2n) is 6.15. The molecule has 0 aromatic heterocycles. The highest BCUT2D eigenvalue weighted by molar-refractivity contribution is 8.14. The van der Waals surface area contributed by atoms with Crippen molar-refractivity contribution in [2.45, 2.75) is 33.2 Å². The molecule has 1 aliphatic rings. The van der Waals surface area contributed by atoms with E-state index in [-0.39, 0.29) is 11.9 Å². The fraction of sp³-hybridized carbons (Fsp3) is 0.300. The summed E-state index contributed by atoms with van der Waals surface area (Å²) in [4.78, 5) is 19.7. The molecule has 0 aliphatic carbocycles. The highest BCUT2D eigenvalue weighted by atomic mass is 32.2. The Kier molecular flexibility index (Phi) is 5.05. The molecule has 4 heteroatoms. The minimum atomic E-state index is 0.0435. The first-order valence-corrected chi connectivity index (χ1v) is 9.25. The highest BCUT2D eigenvalue weighted by Gasteiger charge is 2.34. The second kappa shape index (κ2) is 7.22. The van der Waals surface area contributed by atoms with E-state index in [0.29, 0.717) is 0 Å². The predicted molar refractivity (Wildman–Crippen MR) is 102 cm³/mol. The molecule has 0 spiro atoms. The zero-order valence-electron chi connectivity index (χ0n) is 14.3. The molecule has 0 radical (unpaired) electrons. The van der Waals surface area contributed by atoms with Gasteiger partial charge in [0, 0.05) is 17.4 Å². The van der Waals surface area contributed by atoms with Crippen LogP contribution in [0.1, 0.15) is 34.8 Å². The van der Waals surface area contributed by atoms with Crippen molar-refractivity contribution in [3.8, 4) is 0 Å². The van der Waals surface area contributed by atoms with Crippen LogP contribution in [0.5, 0.6) is 0 Å². The maximum atomic E-state index is 13.1. The number of hydrogen-bond acceptors (Lipinski definition) is 3. The van der Waals surface area contributed by atoms with Crippen LogP contribution in [0.4, 0.5) is 5.69 Å². The van der Waals surface area contributed by atoms with Crippen molar-refractivity contribution in [1.82, 2.24) is 4.90 Å². The first kappa shape index (κ1) is 16.8. The van der Waals surface area contributed by atoms with Gasteiger partial charge in [-0.1, -0.05) is 48.5 Å². The van der Waals surface area contributed by atoms with E-state index >= 15 is 0 Å². The summed E-state index contributed by atoms with van der Waals surface area (Å²) in [5, 5.41) is 0.805. The highest BCUT2D eigenvalue weighted by Crippen LogP contribution is 2.30. The monoisotopic (exact) mass is 338 g/mol. The van der Waals surface area contributed by atoms with Crippen LogP contribution in [0.3, 0.4) is 0 Å². The average Bonchev–Trinajstić information content (AvgIpc) is 2.97. The molecule has 24 heavy (non-hydrogen) atoms. The first-order chi connectivity index (χ1) is 11.6. The summed E-state index contributed by atoms with van der Waals surface area (Å²) < 4.78 is 0. The average molecular weight is 338 g/mol. The van der Waals surface area contributed by atoms with Crippen molar-refractivity contribution >= 4 is 28.5 Å². The number of hydrogen-bond donors (Lipinski definition) is 0. The van der Waals surface area contributed by atoms with Gasteiger partial charge >= 0.3 is 0 Å². The zero-order chi connectivity index (χ0) is 17.1. The Morgan fingerprint density at radius 3 is 2.54 bits per heavy atom. The summed E-state index contributed by atoms with van der Waals surface area (Å²) in [7, 11) is 0. The Morgan fingerprint density at radius 1 is 1.17 bits per heavy atom. The van der Waals surface area contributed by atoms with Gasteiger partial charge in [0.2, 0.25) is 0 Å². The van der Waals surface area contributed by atoms with Gasteiger partial charge in [0.05, 0.1) is 5.69 Å². The second-order valence-corrected chi connectivity index (χ2v) is 7.14. The van der Waals surface area contributed by atoms with Crippen molar-refractivity contribution in [2.75, 3.05) is 5.75 Å². The maximum absolute atomic E-state index is 13.1. The Bertz CT molecular complexity index is 785. The van der Waals surface area contributed by atoms with Gasteiger partial charge in [-0.2, -0.15) is 0 Å². The fourth-order valence-electron chi connectivity index (χ4n) is 2.84. The Balaban J connectivity index is 1.96. The zero-order valence-corrected chi connectivity index (χ0v) is 15.1. The van der Waals surface area contributed by atoms with E-state index in [1.165, 1.54) is 5.56 Å². The summed E-state index contributed by atoms with van der Waals surface area (Å²) >= 11 is 1.67. The number of thioether (sulfide) groups is 1. The first-order valence-electron chi connectivity index (χ1n) is 8.27. The Morgan fingerprint density at radius 2 is 1.88 bits per heavy atom. The summed E-state index contributed by atoms with van der Waals surface area (Å²) in [6.07, 6.45) is 0.928. The van der Waals surface area contributed by atoms with Crippen LogP contribution in [0, 0.1) is 13.8 Å². The van der Waals surface area contributed by atoms with E-state index in [1.807, 2.05) is 54.3 Å². The van der Waals surface area contributed by atoms with Gasteiger partial charge in [-0.25, -0.2) is 4.99 Å². The van der Waals surface area contributed by atoms with Crippen molar-refractivity contribution in [1.29, 1.82) is 0 Å². The molecule has 2 aromatic rings. The molecule has 124 valence electrons. The molecule has 1 aliphatic heterocycles. The van der Waals surface area contributed by atoms with Crippen molar-refractivity contribution in [3.63, 3.8) is 0 Å². The number of rotatable bonds is 3. The number of amides is 1. The molecule has 2 aromatic carbocycles. The molecule has 0 unspecified atom stereocenters. The van der Waals surface area contributed by atoms with Crippen molar-refractivity contribution in [3.05, 3.63) is 65.2 Å². The number of aliphatic imine (C=N–C) groups is 1. The van der Waals surface area contributed by atoms with Crippen LogP contribution in [0.2, 0.25) is 0 Å². The SMILES string of the molecule is CC[C@@H]1CSC(=Nc2cccc(C)c2)N1C(=O)c1cccc(C)c1. The summed E-state index contributed by atoms with van der Waals surface area (Å²) in [6, 6.07) is 16.0. The smallest absolute Gasteiger partial charge is 0.260 e. The molecule has 3 nitrogen and oxygen atoms in total. The van der Waals surface area contributed by atoms with E-state index in [0.717, 1.165) is 34.2 Å². The van der Waals surface area contributed by atoms with Crippen LogP contribution in [-0.4, -0.2) is 27.8 Å². The van der Waals surface area contributed by atoms with E-state index in [1.54, 1.807) is 11.8 Å². The quantitative estimate of drug-likeness (QED) is 0.792. The third-order valence-electron chi connectivity index (χ3n) is 4.16. The van der Waals surface area contributed by atoms with E-state index in [4.69, 9.17) is 4.99 Å². The molecular formula is C20H22N2OS. The van der Waals surface area contributed by atoms with E-state index in [2.05, 4.69) is 19.9 Å². The molecule has 0 saturated carbocycles. The molecule has 1 amide bonds. The lowest BCUT2D eigenvalue weighted by atomic mass is 10.1. The van der Waals surface area contributed by atoms with Crippen LogP contribution in [-0.2, 0) is 0 Å². The largest absolute Gasteiger partial charge is 0.283 e. The Hall–Kier alpha value is -2.07. The number of nitrogens with zero attached hydrogens (tertiary/aromatic N) is 2. The number of amidine groups is 1. The molecule has 0 bridgehead atoms. The van der Waals surface area contributed by atoms with Gasteiger partial charge in [-0.05, 0) is 50.1 Å². The fourth-order valence-corrected chi connectivity index (χ4v) is 4.10. The lowest BCUT2D eigenvalue weighted by Crippen LogP contribution is -2.39. The van der Waals surface area contributed by atoms with Crippen LogP contribution in [0.15, 0.2) is 53.5 Å². The molecule has 1 saturated heterocycles. The minimum absolute atomic E-state index is 0.0435. The third-order valence-corrected chi connectivity index (χ3v) is 5.26. The van der Waals surface area contributed by atoms with Gasteiger partial charge in [-0.3, -0.25) is 9.69 Å². The molecule has 1 heterocycles. The van der Waals surface area contributed by atoms with Crippen LogP contribution in [0.25, 0.3) is 0 Å². The standard InChI is InChI=1S/C20H22N2OS/c1-4-18-13-24-20(21-17-10-6-8-15(3)12-17)22(18)19(23)16-9-5-7-14(2)11-16/h5-12,18H,4,13H2,1-3H3/t18-/m1/s1. The molecule has 1 fully saturated rings. The summed E-state index contributed by atoms with van der Waals surface area (Å²) in [5.74, 6) is 0.945. The maximum Gasteiger partial charge on any atom is 0.260 e. The number of benzene rings is 2. The van der Waals surface area contributed by atoms with E-state index in [9.17, 15) is 4.79 Å². The van der Waals surface area contributed by atoms with Crippen molar-refractivity contribution in [2.24, 2.45) is 4.99 Å². The number of carbonyl (C=O) groups excluding carboxylic acids is 1. The number of carbonyl (C=O) groups is 1. The van der Waals surface area contributed by atoms with Gasteiger partial charge in [-0.15, -0.1) is 0 Å². The van der Waals surface area contributed by atoms with Gasteiger partial charge < -0.3 is 0 Å². The third kappa shape index (κ3) is 3.54. The number of aryl methyl sites for hydroxylation is 2. The van der Waals surface area contributed by atoms with Crippen LogP contribution < -0.4 is 0 Å². The topological polar surface area (TPSA) is 32.7 Å². The minimum Gasteiger partial charge on any atom is -0.283 e. The van der Waals surface area contributed by atoms with Gasteiger partial charge in [0.15, 0.2) is 5.17 Å². The predicted octanol–water partition coefficient (Wildman–Crippen LogP) is 4.96. The van der Waals surface area contributed by atoms with Gasteiger partial charge in [0.25, 0.3) is 5.91 Å². The van der Waals surface area contributed by atoms with Crippen LogP contribution >= 0.6 is 11.8 Å². The Labute approximate surface area is 147 Å². The van der Waals surface area contributed by atoms with Crippen molar-refractivity contribution < 1.29 is 4.79 Å². The molecule has 3 rings (SSSR count). The van der Waals surface area contributed by atoms with E-state index < -0.39 is 0 Å². The summed E-state index contributed by atoms with van der Waals surface area (Å²) in [6.45, 7) is 6.18. The lowest BCUT2D eigenvalue weighted by molar-refractivity contribution is 0.0819. The van der Waals surface area contributed by atoms with Gasteiger partial charge in [0.1, 0.15) is 0 Å². The summed E-state index contributed by atoms with van der Waals surface area (Å²) in [5.41, 5.74) is 3.89. The molecule has 0 N–H and O–H groups in total. The molecule has 1 atom stereocenters. The molecular weight excluding hydrogens is 316 g/mol. The lowest BCUT2D eigenvalue weighted by Gasteiger charge is -2.23.